The summed E-state index contributed by atoms with van der Waals surface area (Å²) in [7, 11) is 0. The van der Waals surface area contributed by atoms with Crippen LogP contribution in [0.5, 0.6) is 0 Å². The van der Waals surface area contributed by atoms with Gasteiger partial charge in [-0.2, -0.15) is 0 Å². The molecule has 0 aromatic heterocycles. The van der Waals surface area contributed by atoms with Crippen molar-refractivity contribution in [2.75, 3.05) is 13.2 Å². The van der Waals surface area contributed by atoms with Gasteiger partial charge in [0.2, 0.25) is 5.91 Å². The number of aryl methyl sites for hydroxylation is 1. The predicted molar refractivity (Wildman–Crippen MR) is 175 cm³/mol. The third-order valence-electron chi connectivity index (χ3n) is 8.90. The van der Waals surface area contributed by atoms with E-state index in [0.717, 1.165) is 16.7 Å². The van der Waals surface area contributed by atoms with Gasteiger partial charge in [0, 0.05) is 18.1 Å². The number of carbonyl (C=O) groups excluding carboxylic acids is 2. The largest absolute Gasteiger partial charge is 0.480 e. The maximum absolute atomic E-state index is 14.4. The van der Waals surface area contributed by atoms with E-state index in [1.54, 1.807) is 6.07 Å². The Hall–Kier alpha value is -5.39. The highest BCUT2D eigenvalue weighted by Crippen LogP contribution is 2.38. The first kappa shape index (κ1) is 32.5. The van der Waals surface area contributed by atoms with Gasteiger partial charge >= 0.3 is 11.9 Å². The number of hydrogen-bond donors (Lipinski definition) is 2. The van der Waals surface area contributed by atoms with Gasteiger partial charge in [-0.1, -0.05) is 103 Å². The zero-order valence-electron chi connectivity index (χ0n) is 26.0. The van der Waals surface area contributed by atoms with Crippen molar-refractivity contribution in [2.24, 2.45) is 0 Å². The van der Waals surface area contributed by atoms with Crippen LogP contribution in [0.25, 0.3) is 0 Å². The number of nitro groups is 1. The zero-order chi connectivity index (χ0) is 33.6. The molecule has 1 fully saturated rings. The van der Waals surface area contributed by atoms with E-state index < -0.39 is 53.0 Å². The number of esters is 1. The number of amides is 1. The minimum absolute atomic E-state index is 0.0221. The molecule has 0 unspecified atom stereocenters. The lowest BCUT2D eigenvalue weighted by atomic mass is 9.94. The molecule has 2 heterocycles. The summed E-state index contributed by atoms with van der Waals surface area (Å²) in [6.45, 7) is -0.254. The molecule has 4 atom stereocenters. The molecule has 4 aromatic carbocycles. The highest BCUT2D eigenvalue weighted by atomic mass is 16.6. The minimum atomic E-state index is -1.32. The number of hydrogen-bond acceptors (Lipinski definition) is 8. The number of aliphatic carboxylic acids is 1. The number of rotatable bonds is 11. The first-order valence-corrected chi connectivity index (χ1v) is 15.8. The fourth-order valence-corrected chi connectivity index (χ4v) is 6.56. The van der Waals surface area contributed by atoms with Crippen LogP contribution in [0.1, 0.15) is 46.4 Å². The monoisotopic (exact) mass is 649 g/mol. The van der Waals surface area contributed by atoms with E-state index in [-0.39, 0.29) is 37.3 Å². The van der Waals surface area contributed by atoms with Crippen molar-refractivity contribution in [3.05, 3.63) is 147 Å². The normalized spacial score (nSPS) is 19.5. The fourth-order valence-electron chi connectivity index (χ4n) is 6.56. The number of carbonyl (C=O) groups is 3. The number of nitrogens with one attached hydrogen (secondary N) is 1. The van der Waals surface area contributed by atoms with Crippen LogP contribution in [0.2, 0.25) is 0 Å². The third-order valence-corrected chi connectivity index (χ3v) is 8.90. The summed E-state index contributed by atoms with van der Waals surface area (Å²) < 4.78 is 11.8. The van der Waals surface area contributed by atoms with Gasteiger partial charge in [-0.15, -0.1) is 0 Å². The smallest absolute Gasteiger partial charge is 0.328 e. The molecule has 11 nitrogen and oxygen atoms in total. The van der Waals surface area contributed by atoms with Gasteiger partial charge in [-0.05, 0) is 35.1 Å². The van der Waals surface area contributed by atoms with Gasteiger partial charge in [0.05, 0.1) is 30.2 Å². The van der Waals surface area contributed by atoms with Crippen LogP contribution in [0.4, 0.5) is 5.69 Å². The molecule has 2 aliphatic heterocycles. The Morgan fingerprint density at radius 2 is 1.54 bits per heavy atom. The second-order valence-corrected chi connectivity index (χ2v) is 11.9. The number of ether oxygens (including phenoxy) is 2. The first-order valence-electron chi connectivity index (χ1n) is 15.8. The molecule has 48 heavy (non-hydrogen) atoms. The van der Waals surface area contributed by atoms with Gasteiger partial charge in [-0.3, -0.25) is 25.0 Å². The molecule has 0 aliphatic carbocycles. The van der Waals surface area contributed by atoms with E-state index in [2.05, 4.69) is 5.32 Å². The molecular formula is C37H35N3O8. The molecule has 2 aliphatic rings. The lowest BCUT2D eigenvalue weighted by molar-refractivity contribution is -0.385. The SMILES string of the molecule is O=C(OC(c1ccccc1)c1ccccc1)[C@H](CCc1ccccc1)N[C@H]1Cc2c(cccc2[N+](=O)[O-])[C@H]2COC[C@@H](C(=O)O)N2C1=O. The Balaban J connectivity index is 1.37. The topological polar surface area (TPSA) is 148 Å². The highest BCUT2D eigenvalue weighted by Gasteiger charge is 2.47. The van der Waals surface area contributed by atoms with Crippen LogP contribution < -0.4 is 5.32 Å². The van der Waals surface area contributed by atoms with Crippen LogP contribution in [0, 0.1) is 10.1 Å². The molecule has 0 saturated carbocycles. The van der Waals surface area contributed by atoms with Crippen LogP contribution in [-0.2, 0) is 36.7 Å². The van der Waals surface area contributed by atoms with Crippen molar-refractivity contribution < 1.29 is 33.9 Å². The second-order valence-electron chi connectivity index (χ2n) is 11.9. The highest BCUT2D eigenvalue weighted by molar-refractivity contribution is 5.90. The number of nitro benzene ring substituents is 1. The molecule has 0 bridgehead atoms. The summed E-state index contributed by atoms with van der Waals surface area (Å²) in [5.41, 5.74) is 3.03. The number of carboxylic acid groups (broad SMARTS) is 1. The second kappa shape index (κ2) is 14.6. The summed E-state index contributed by atoms with van der Waals surface area (Å²) in [6, 6.07) is 28.4. The van der Waals surface area contributed by atoms with Gasteiger partial charge in [-0.25, -0.2) is 4.79 Å². The zero-order valence-corrected chi connectivity index (χ0v) is 26.0. The van der Waals surface area contributed by atoms with Crippen molar-refractivity contribution >= 4 is 23.5 Å². The maximum Gasteiger partial charge on any atom is 0.328 e. The average molecular weight is 650 g/mol. The summed E-state index contributed by atoms with van der Waals surface area (Å²) in [4.78, 5) is 53.9. The molecule has 4 aromatic rings. The van der Waals surface area contributed by atoms with E-state index in [1.165, 1.54) is 17.0 Å². The molecule has 1 amide bonds. The number of fused-ring (bicyclic) bond motifs is 3. The molecule has 2 N–H and O–H groups in total. The molecule has 11 heteroatoms. The van der Waals surface area contributed by atoms with Crippen LogP contribution in [0.15, 0.2) is 109 Å². The quantitative estimate of drug-likeness (QED) is 0.133. The van der Waals surface area contributed by atoms with Crippen molar-refractivity contribution in [2.45, 2.75) is 49.5 Å². The Kier molecular flexibility index (Phi) is 9.88. The average Bonchev–Trinajstić information content (AvgIpc) is 3.23. The van der Waals surface area contributed by atoms with Crippen LogP contribution in [0.3, 0.4) is 0 Å². The Morgan fingerprint density at radius 1 is 0.917 bits per heavy atom. The number of carboxylic acids is 1. The van der Waals surface area contributed by atoms with Gasteiger partial charge < -0.3 is 19.5 Å². The van der Waals surface area contributed by atoms with Crippen LogP contribution in [-0.4, -0.2) is 64.1 Å². The Labute approximate surface area is 277 Å². The lowest BCUT2D eigenvalue weighted by Gasteiger charge is -2.40. The predicted octanol–water partition coefficient (Wildman–Crippen LogP) is 4.80. The summed E-state index contributed by atoms with van der Waals surface area (Å²) in [5, 5.41) is 25.5. The minimum Gasteiger partial charge on any atom is -0.480 e. The Bertz CT molecular complexity index is 1730. The van der Waals surface area contributed by atoms with E-state index in [4.69, 9.17) is 9.47 Å². The molecule has 0 radical (unpaired) electrons. The molecule has 246 valence electrons. The maximum atomic E-state index is 14.4. The summed E-state index contributed by atoms with van der Waals surface area (Å²) in [6.07, 6.45) is -0.181. The first-order chi connectivity index (χ1) is 23.3. The summed E-state index contributed by atoms with van der Waals surface area (Å²) in [5.74, 6) is -2.45. The van der Waals surface area contributed by atoms with E-state index in [9.17, 15) is 29.6 Å². The van der Waals surface area contributed by atoms with Crippen molar-refractivity contribution in [3.8, 4) is 0 Å². The van der Waals surface area contributed by atoms with Crippen LogP contribution >= 0.6 is 0 Å². The third kappa shape index (κ3) is 6.97. The van der Waals surface area contributed by atoms with Gasteiger partial charge in [0.15, 0.2) is 12.1 Å². The summed E-state index contributed by atoms with van der Waals surface area (Å²) >= 11 is 0. The number of nitrogens with zero attached hydrogens (tertiary/aromatic N) is 2. The van der Waals surface area contributed by atoms with E-state index in [0.29, 0.717) is 12.0 Å². The molecule has 0 spiro atoms. The number of morpholine rings is 1. The Morgan fingerprint density at radius 3 is 2.15 bits per heavy atom. The molecule has 1 saturated heterocycles. The standard InChI is InChI=1S/C37H35N3O8/c41-35-30(21-28-27(17-10-18-31(28)40(45)46)32-22-47-23-33(36(42)43)39(32)35)38-29(20-19-24-11-4-1-5-12-24)37(44)48-34(25-13-6-2-7-14-25)26-15-8-3-9-16-26/h1-18,29-30,32-34,38H,19-23H2,(H,42,43)/t29-,30-,32+,33-/m0/s1. The van der Waals surface area contributed by atoms with Crippen molar-refractivity contribution in [1.82, 2.24) is 10.2 Å². The molecular weight excluding hydrogens is 614 g/mol. The van der Waals surface area contributed by atoms with E-state index >= 15 is 0 Å². The fraction of sp³-hybridized carbons (Fsp3) is 0.270. The van der Waals surface area contributed by atoms with Crippen molar-refractivity contribution in [3.63, 3.8) is 0 Å². The van der Waals surface area contributed by atoms with Gasteiger partial charge in [0.25, 0.3) is 5.69 Å². The number of benzene rings is 4. The molecule has 6 rings (SSSR count). The van der Waals surface area contributed by atoms with Gasteiger partial charge in [0.1, 0.15) is 6.04 Å². The lowest BCUT2D eigenvalue weighted by Crippen LogP contribution is -2.59. The van der Waals surface area contributed by atoms with E-state index in [1.807, 2.05) is 91.0 Å². The van der Waals surface area contributed by atoms with Crippen molar-refractivity contribution in [1.29, 1.82) is 0 Å².